The zero-order valence-electron chi connectivity index (χ0n) is 6.45. The quantitative estimate of drug-likeness (QED) is 0.475. The van der Waals surface area contributed by atoms with Crippen LogP contribution in [0.4, 0.5) is 14.6 Å². The van der Waals surface area contributed by atoms with Gasteiger partial charge in [0.05, 0.1) is 0 Å². The molecule has 1 aromatic heterocycles. The van der Waals surface area contributed by atoms with Gasteiger partial charge in [0.25, 0.3) is 11.6 Å². The molecule has 0 aliphatic rings. The molecule has 0 saturated heterocycles. The summed E-state index contributed by atoms with van der Waals surface area (Å²) in [4.78, 5) is 12.2. The average molecular weight is 225 g/mol. The Hall–Kier alpha value is -1.50. The zero-order chi connectivity index (χ0) is 10.9. The normalized spacial score (nSPS) is 10.6. The van der Waals surface area contributed by atoms with Crippen LogP contribution < -0.4 is 0 Å². The van der Waals surface area contributed by atoms with Gasteiger partial charge in [-0.15, -0.1) is 0 Å². The number of aromatic nitrogens is 1. The van der Waals surface area contributed by atoms with Crippen molar-refractivity contribution in [1.29, 1.82) is 0 Å². The van der Waals surface area contributed by atoms with E-state index in [1.54, 1.807) is 0 Å². The largest absolute Gasteiger partial charge is 0.503 e. The lowest BCUT2D eigenvalue weighted by atomic mass is 10.2. The van der Waals surface area contributed by atoms with E-state index in [0.29, 0.717) is 6.07 Å². The minimum Gasteiger partial charge on any atom is -0.503 e. The second kappa shape index (κ2) is 3.70. The molecule has 0 amide bonds. The molecule has 5 nitrogen and oxygen atoms in total. The Bertz CT molecular complexity index is 386. The highest BCUT2D eigenvalue weighted by Gasteiger charge is 2.26. The Morgan fingerprint density at radius 2 is 2.21 bits per heavy atom. The number of pyridine rings is 1. The van der Waals surface area contributed by atoms with Gasteiger partial charge in [-0.2, -0.15) is 0 Å². The number of alkyl halides is 2. The first-order chi connectivity index (χ1) is 6.43. The Labute approximate surface area is 81.1 Å². The van der Waals surface area contributed by atoms with Crippen molar-refractivity contribution >= 4 is 17.4 Å². The van der Waals surface area contributed by atoms with E-state index in [0.717, 1.165) is 0 Å². The van der Waals surface area contributed by atoms with Crippen LogP contribution in [0.25, 0.3) is 0 Å². The molecule has 1 aromatic rings. The molecule has 8 heteroatoms. The van der Waals surface area contributed by atoms with Crippen LogP contribution >= 0.6 is 11.6 Å². The van der Waals surface area contributed by atoms with Crippen molar-refractivity contribution in [2.24, 2.45) is 0 Å². The predicted octanol–water partition coefficient (Wildman–Crippen LogP) is 2.29. The number of halogens is 3. The first kappa shape index (κ1) is 10.6. The average Bonchev–Trinajstić information content (AvgIpc) is 2.08. The maximum atomic E-state index is 12.2. The maximum absolute atomic E-state index is 12.2. The first-order valence-electron chi connectivity index (χ1n) is 3.25. The van der Waals surface area contributed by atoms with Crippen molar-refractivity contribution < 1.29 is 18.8 Å². The van der Waals surface area contributed by atoms with Crippen molar-refractivity contribution in [3.63, 3.8) is 0 Å². The van der Waals surface area contributed by atoms with E-state index in [9.17, 15) is 18.9 Å². The number of hydrogen-bond acceptors (Lipinski definition) is 4. The van der Waals surface area contributed by atoms with Crippen LogP contribution in [0.2, 0.25) is 5.15 Å². The molecule has 0 saturated carbocycles. The smallest absolute Gasteiger partial charge is 0.374 e. The molecular weight excluding hydrogens is 222 g/mol. The van der Waals surface area contributed by atoms with Crippen molar-refractivity contribution in [2.45, 2.75) is 6.43 Å². The third kappa shape index (κ3) is 1.87. The molecule has 1 rings (SSSR count). The fraction of sp³-hybridized carbons (Fsp3) is 0.167. The van der Waals surface area contributed by atoms with Gasteiger partial charge >= 0.3 is 5.82 Å². The Morgan fingerprint density at radius 1 is 1.64 bits per heavy atom. The van der Waals surface area contributed by atoms with Gasteiger partial charge in [0.15, 0.2) is 5.75 Å². The van der Waals surface area contributed by atoms with E-state index in [1.807, 2.05) is 0 Å². The zero-order valence-corrected chi connectivity index (χ0v) is 7.20. The molecule has 0 radical (unpaired) electrons. The summed E-state index contributed by atoms with van der Waals surface area (Å²) < 4.78 is 24.4. The number of nitro groups is 1. The summed E-state index contributed by atoms with van der Waals surface area (Å²) in [7, 11) is 0. The topological polar surface area (TPSA) is 76.3 Å². The summed E-state index contributed by atoms with van der Waals surface area (Å²) >= 11 is 5.22. The van der Waals surface area contributed by atoms with E-state index >= 15 is 0 Å². The molecule has 0 fully saturated rings. The molecular formula is C6H3ClF2N2O3. The first-order valence-corrected chi connectivity index (χ1v) is 3.63. The lowest BCUT2D eigenvalue weighted by Crippen LogP contribution is -1.99. The summed E-state index contributed by atoms with van der Waals surface area (Å²) in [5.41, 5.74) is -0.961. The summed E-state index contributed by atoms with van der Waals surface area (Å²) in [6.07, 6.45) is -3.09. The monoisotopic (exact) mass is 224 g/mol. The van der Waals surface area contributed by atoms with Gasteiger partial charge in [0.1, 0.15) is 5.56 Å². The molecule has 0 aliphatic carbocycles. The Balaban J connectivity index is 3.39. The molecule has 14 heavy (non-hydrogen) atoms. The van der Waals surface area contributed by atoms with Crippen molar-refractivity contribution in [2.75, 3.05) is 0 Å². The standard InChI is InChI=1S/C6H3ClF2N2O3/c7-4-3(12)1-2(5(8)9)6(10-4)11(13)14/h1,5,12H. The third-order valence-corrected chi connectivity index (χ3v) is 1.65. The van der Waals surface area contributed by atoms with Gasteiger partial charge in [-0.3, -0.25) is 0 Å². The van der Waals surface area contributed by atoms with Gasteiger partial charge in [0.2, 0.25) is 0 Å². The summed E-state index contributed by atoms with van der Waals surface area (Å²) in [5.74, 6) is -1.77. The van der Waals surface area contributed by atoms with Crippen molar-refractivity contribution in [3.8, 4) is 5.75 Å². The summed E-state index contributed by atoms with van der Waals surface area (Å²) in [6, 6.07) is 0.526. The molecule has 0 aromatic carbocycles. The third-order valence-electron chi connectivity index (χ3n) is 1.37. The second-order valence-electron chi connectivity index (χ2n) is 2.27. The Morgan fingerprint density at radius 3 is 2.64 bits per heavy atom. The van der Waals surface area contributed by atoms with Gasteiger partial charge in [-0.1, -0.05) is 0 Å². The van der Waals surface area contributed by atoms with Crippen LogP contribution in [0.1, 0.15) is 12.0 Å². The minimum atomic E-state index is -3.09. The molecule has 0 unspecified atom stereocenters. The highest BCUT2D eigenvalue weighted by atomic mass is 35.5. The SMILES string of the molecule is O=[N+]([O-])c1nc(Cl)c(O)cc1C(F)F. The van der Waals surface area contributed by atoms with E-state index in [-0.39, 0.29) is 0 Å². The van der Waals surface area contributed by atoms with Crippen LogP contribution in [0.5, 0.6) is 5.75 Å². The molecule has 1 N–H and O–H groups in total. The van der Waals surface area contributed by atoms with E-state index < -0.39 is 33.6 Å². The van der Waals surface area contributed by atoms with Gasteiger partial charge in [-0.05, 0) is 21.5 Å². The van der Waals surface area contributed by atoms with Crippen LogP contribution in [0.3, 0.4) is 0 Å². The van der Waals surface area contributed by atoms with Gasteiger partial charge in [-0.25, -0.2) is 8.78 Å². The number of rotatable bonds is 2. The van der Waals surface area contributed by atoms with Crippen LogP contribution in [-0.4, -0.2) is 15.0 Å². The van der Waals surface area contributed by atoms with E-state index in [2.05, 4.69) is 4.98 Å². The Kier molecular flexibility index (Phi) is 2.80. The fourth-order valence-corrected chi connectivity index (χ4v) is 0.928. The highest BCUT2D eigenvalue weighted by molar-refractivity contribution is 6.30. The maximum Gasteiger partial charge on any atom is 0.374 e. The lowest BCUT2D eigenvalue weighted by Gasteiger charge is -2.01. The number of nitrogens with zero attached hydrogens (tertiary/aromatic N) is 2. The van der Waals surface area contributed by atoms with Crippen LogP contribution in [0.15, 0.2) is 6.07 Å². The fourth-order valence-electron chi connectivity index (χ4n) is 0.793. The van der Waals surface area contributed by atoms with Gasteiger partial charge in [0, 0.05) is 6.07 Å². The molecule has 0 aliphatic heterocycles. The van der Waals surface area contributed by atoms with E-state index in [4.69, 9.17) is 16.7 Å². The second-order valence-corrected chi connectivity index (χ2v) is 2.63. The molecule has 0 spiro atoms. The molecule has 0 bridgehead atoms. The van der Waals surface area contributed by atoms with Crippen LogP contribution in [0, 0.1) is 10.1 Å². The van der Waals surface area contributed by atoms with Crippen LogP contribution in [-0.2, 0) is 0 Å². The minimum absolute atomic E-state index is 0.526. The van der Waals surface area contributed by atoms with Crippen molar-refractivity contribution in [1.82, 2.24) is 4.98 Å². The summed E-state index contributed by atoms with van der Waals surface area (Å²) in [6.45, 7) is 0. The van der Waals surface area contributed by atoms with Gasteiger partial charge < -0.3 is 15.2 Å². The predicted molar refractivity (Wildman–Crippen MR) is 42.5 cm³/mol. The summed E-state index contributed by atoms with van der Waals surface area (Å²) in [5, 5.41) is 18.6. The molecule has 1 heterocycles. The lowest BCUT2D eigenvalue weighted by molar-refractivity contribution is -0.391. The number of aromatic hydroxyl groups is 1. The molecule has 0 atom stereocenters. The molecule has 76 valence electrons. The number of hydrogen-bond donors (Lipinski definition) is 1. The highest BCUT2D eigenvalue weighted by Crippen LogP contribution is 2.33. The van der Waals surface area contributed by atoms with E-state index in [1.165, 1.54) is 0 Å². The van der Waals surface area contributed by atoms with Crippen molar-refractivity contribution in [3.05, 3.63) is 26.9 Å².